The molecule has 0 saturated carbocycles. The molecule has 0 amide bonds. The third-order valence-electron chi connectivity index (χ3n) is 1.48. The lowest BCUT2D eigenvalue weighted by molar-refractivity contribution is -0.107. The van der Waals surface area contributed by atoms with Gasteiger partial charge in [0.2, 0.25) is 0 Å². The molecule has 0 heterocycles. The summed E-state index contributed by atoms with van der Waals surface area (Å²) < 4.78 is 0. The van der Waals surface area contributed by atoms with Gasteiger partial charge in [0.05, 0.1) is 6.42 Å². The Morgan fingerprint density at radius 1 is 1.50 bits per heavy atom. The Hall–Kier alpha value is -1.64. The number of hydrogen-bond acceptors (Lipinski definition) is 3. The van der Waals surface area contributed by atoms with Crippen LogP contribution < -0.4 is 5.73 Å². The van der Waals surface area contributed by atoms with Crippen LogP contribution in [0.1, 0.15) is 16.8 Å². The Morgan fingerprint density at radius 2 is 2.25 bits per heavy atom. The van der Waals surface area contributed by atoms with E-state index in [0.717, 1.165) is 0 Å². The summed E-state index contributed by atoms with van der Waals surface area (Å²) in [7, 11) is 0. The third kappa shape index (κ3) is 1.92. The maximum absolute atomic E-state index is 11.1. The second kappa shape index (κ2) is 3.67. The van der Waals surface area contributed by atoms with E-state index in [9.17, 15) is 9.59 Å². The van der Waals surface area contributed by atoms with Crippen molar-refractivity contribution in [3.05, 3.63) is 29.8 Å². The molecule has 2 N–H and O–H groups in total. The molecular formula is C9H9NO2. The first-order chi connectivity index (χ1) is 5.74. The zero-order valence-corrected chi connectivity index (χ0v) is 6.49. The van der Waals surface area contributed by atoms with Crippen LogP contribution in [-0.2, 0) is 4.79 Å². The summed E-state index contributed by atoms with van der Waals surface area (Å²) in [5.41, 5.74) is 6.47. The number of nitrogens with two attached hydrogens (primary N) is 1. The zero-order chi connectivity index (χ0) is 8.97. The molecule has 0 aliphatic heterocycles. The summed E-state index contributed by atoms with van der Waals surface area (Å²) >= 11 is 0. The second-order valence-electron chi connectivity index (χ2n) is 2.42. The van der Waals surface area contributed by atoms with Crippen LogP contribution in [0.25, 0.3) is 0 Å². The van der Waals surface area contributed by atoms with Crippen molar-refractivity contribution in [3.63, 3.8) is 0 Å². The summed E-state index contributed by atoms with van der Waals surface area (Å²) in [6, 6.07) is 6.58. The molecule has 3 heteroatoms. The number of Topliss-reactive ketones (excluding diaryl/α,β-unsaturated/α-hetero) is 1. The minimum Gasteiger partial charge on any atom is -0.399 e. The van der Waals surface area contributed by atoms with Crippen molar-refractivity contribution >= 4 is 17.8 Å². The number of aldehydes is 1. The van der Waals surface area contributed by atoms with Crippen molar-refractivity contribution in [3.8, 4) is 0 Å². The summed E-state index contributed by atoms with van der Waals surface area (Å²) in [4.78, 5) is 21.1. The highest BCUT2D eigenvalue weighted by molar-refractivity contribution is 6.03. The van der Waals surface area contributed by atoms with Gasteiger partial charge in [0.25, 0.3) is 0 Å². The predicted octanol–water partition coefficient (Wildman–Crippen LogP) is 1.04. The lowest BCUT2D eigenvalue weighted by Gasteiger charge is -1.97. The van der Waals surface area contributed by atoms with Crippen LogP contribution in [0.5, 0.6) is 0 Å². The van der Waals surface area contributed by atoms with Gasteiger partial charge in [0, 0.05) is 11.3 Å². The van der Waals surface area contributed by atoms with Crippen LogP contribution in [0, 0.1) is 0 Å². The molecule has 0 unspecified atom stereocenters. The van der Waals surface area contributed by atoms with Crippen molar-refractivity contribution in [2.45, 2.75) is 6.42 Å². The molecule has 0 aromatic heterocycles. The Kier molecular flexibility index (Phi) is 2.58. The number of anilines is 1. The monoisotopic (exact) mass is 163 g/mol. The van der Waals surface area contributed by atoms with Gasteiger partial charge < -0.3 is 10.5 Å². The highest BCUT2D eigenvalue weighted by Crippen LogP contribution is 2.07. The molecule has 12 heavy (non-hydrogen) atoms. The molecule has 1 aromatic rings. The molecule has 0 spiro atoms. The number of benzene rings is 1. The normalized spacial score (nSPS) is 9.33. The molecule has 0 aliphatic rings. The van der Waals surface area contributed by atoms with Gasteiger partial charge in [-0.15, -0.1) is 0 Å². The van der Waals surface area contributed by atoms with Crippen LogP contribution in [-0.4, -0.2) is 12.1 Å². The van der Waals surface area contributed by atoms with Crippen molar-refractivity contribution in [2.75, 3.05) is 5.73 Å². The lowest BCUT2D eigenvalue weighted by atomic mass is 10.1. The largest absolute Gasteiger partial charge is 0.399 e. The van der Waals surface area contributed by atoms with Crippen LogP contribution in [0.4, 0.5) is 5.69 Å². The minimum absolute atomic E-state index is 0.0799. The highest BCUT2D eigenvalue weighted by Gasteiger charge is 2.03. The molecule has 0 aliphatic carbocycles. The molecule has 1 aromatic carbocycles. The van der Waals surface area contributed by atoms with Gasteiger partial charge in [-0.3, -0.25) is 4.79 Å². The Bertz CT molecular complexity index is 307. The summed E-state index contributed by atoms with van der Waals surface area (Å²) in [5, 5.41) is 0. The molecule has 0 bridgehead atoms. The Labute approximate surface area is 70.2 Å². The number of carbonyl (C=O) groups excluding carboxylic acids is 2. The van der Waals surface area contributed by atoms with Gasteiger partial charge >= 0.3 is 0 Å². The van der Waals surface area contributed by atoms with Crippen LogP contribution in [0.15, 0.2) is 24.3 Å². The summed E-state index contributed by atoms with van der Waals surface area (Å²) in [5.74, 6) is -0.197. The maximum Gasteiger partial charge on any atom is 0.170 e. The van der Waals surface area contributed by atoms with E-state index >= 15 is 0 Å². The molecule has 3 nitrogen and oxygen atoms in total. The predicted molar refractivity (Wildman–Crippen MR) is 45.9 cm³/mol. The van der Waals surface area contributed by atoms with Gasteiger partial charge in [-0.05, 0) is 12.1 Å². The number of ketones is 1. The average Bonchev–Trinajstić information content (AvgIpc) is 2.05. The number of nitrogen functional groups attached to an aromatic ring is 1. The molecule has 0 atom stereocenters. The van der Waals surface area contributed by atoms with Crippen molar-refractivity contribution in [2.24, 2.45) is 0 Å². The molecule has 1 rings (SSSR count). The van der Waals surface area contributed by atoms with E-state index in [2.05, 4.69) is 0 Å². The highest BCUT2D eigenvalue weighted by atomic mass is 16.1. The average molecular weight is 163 g/mol. The van der Waals surface area contributed by atoms with E-state index < -0.39 is 0 Å². The van der Waals surface area contributed by atoms with Crippen LogP contribution in [0.3, 0.4) is 0 Å². The van der Waals surface area contributed by atoms with Gasteiger partial charge in [-0.1, -0.05) is 12.1 Å². The van der Waals surface area contributed by atoms with Crippen LogP contribution in [0.2, 0.25) is 0 Å². The van der Waals surface area contributed by atoms with Gasteiger partial charge in [-0.2, -0.15) is 0 Å². The lowest BCUT2D eigenvalue weighted by Crippen LogP contribution is -1.99. The molecule has 0 fully saturated rings. The van der Waals surface area contributed by atoms with Crippen molar-refractivity contribution < 1.29 is 9.59 Å². The SMILES string of the molecule is Nc1cccc(C(=O)CC=O)c1. The Balaban J connectivity index is 2.87. The Morgan fingerprint density at radius 3 is 2.83 bits per heavy atom. The summed E-state index contributed by atoms with van der Waals surface area (Å²) in [6.45, 7) is 0. The summed E-state index contributed by atoms with van der Waals surface area (Å²) in [6.07, 6.45) is 0.509. The maximum atomic E-state index is 11.1. The number of hydrogen-bond donors (Lipinski definition) is 1. The number of rotatable bonds is 3. The molecular weight excluding hydrogens is 154 g/mol. The van der Waals surface area contributed by atoms with E-state index in [4.69, 9.17) is 5.73 Å². The van der Waals surface area contributed by atoms with Crippen molar-refractivity contribution in [1.29, 1.82) is 0 Å². The fourth-order valence-corrected chi connectivity index (χ4v) is 0.906. The van der Waals surface area contributed by atoms with Gasteiger partial charge in [0.1, 0.15) is 6.29 Å². The quantitative estimate of drug-likeness (QED) is 0.313. The minimum atomic E-state index is -0.197. The van der Waals surface area contributed by atoms with E-state index in [1.807, 2.05) is 0 Å². The third-order valence-corrected chi connectivity index (χ3v) is 1.48. The topological polar surface area (TPSA) is 60.2 Å². The first-order valence-electron chi connectivity index (χ1n) is 3.56. The van der Waals surface area contributed by atoms with Crippen LogP contribution >= 0.6 is 0 Å². The molecule has 0 radical (unpaired) electrons. The van der Waals surface area contributed by atoms with E-state index in [-0.39, 0.29) is 12.2 Å². The first kappa shape index (κ1) is 8.46. The fraction of sp³-hybridized carbons (Fsp3) is 0.111. The van der Waals surface area contributed by atoms with Crippen molar-refractivity contribution in [1.82, 2.24) is 0 Å². The van der Waals surface area contributed by atoms with Gasteiger partial charge in [0.15, 0.2) is 5.78 Å². The smallest absolute Gasteiger partial charge is 0.170 e. The first-order valence-corrected chi connectivity index (χ1v) is 3.56. The van der Waals surface area contributed by atoms with Gasteiger partial charge in [-0.25, -0.2) is 0 Å². The van der Waals surface area contributed by atoms with E-state index in [0.29, 0.717) is 17.5 Å². The number of carbonyl (C=O) groups is 2. The van der Waals surface area contributed by atoms with E-state index in [1.165, 1.54) is 0 Å². The standard InChI is InChI=1S/C9H9NO2/c10-8-3-1-2-7(6-8)9(12)4-5-11/h1-3,5-6H,4,10H2. The second-order valence-corrected chi connectivity index (χ2v) is 2.42. The molecule has 0 saturated heterocycles. The van der Waals surface area contributed by atoms with E-state index in [1.54, 1.807) is 24.3 Å². The zero-order valence-electron chi connectivity index (χ0n) is 6.49. The molecule has 62 valence electrons. The fourth-order valence-electron chi connectivity index (χ4n) is 0.906.